The molecule has 3 rings (SSSR count). The number of benzene rings is 2. The van der Waals surface area contributed by atoms with Crippen LogP contribution in [0.1, 0.15) is 23.2 Å². The maximum absolute atomic E-state index is 13.2. The van der Waals surface area contributed by atoms with Crippen molar-refractivity contribution in [3.8, 4) is 5.75 Å². The van der Waals surface area contributed by atoms with Crippen LogP contribution in [0.3, 0.4) is 0 Å². The minimum atomic E-state index is -0.467. The van der Waals surface area contributed by atoms with Crippen molar-refractivity contribution in [3.05, 3.63) is 59.9 Å². The van der Waals surface area contributed by atoms with Gasteiger partial charge in [-0.3, -0.25) is 9.59 Å². The van der Waals surface area contributed by atoms with Gasteiger partial charge in [0.25, 0.3) is 11.8 Å². The minimum Gasteiger partial charge on any atom is -0.484 e. The number of halogens is 1. The molecule has 0 aromatic heterocycles. The normalized spacial score (nSPS) is 13.6. The van der Waals surface area contributed by atoms with Crippen LogP contribution < -0.4 is 10.1 Å². The third-order valence-electron chi connectivity index (χ3n) is 4.00. The molecule has 1 heterocycles. The number of anilines is 1. The predicted molar refractivity (Wildman–Crippen MR) is 92.1 cm³/mol. The molecule has 1 N–H and O–H groups in total. The van der Waals surface area contributed by atoms with Crippen LogP contribution in [0.25, 0.3) is 0 Å². The van der Waals surface area contributed by atoms with Gasteiger partial charge in [-0.1, -0.05) is 12.1 Å². The molecule has 2 amide bonds. The molecule has 1 saturated heterocycles. The highest BCUT2D eigenvalue weighted by Gasteiger charge is 2.18. The fraction of sp³-hybridized carbons (Fsp3) is 0.263. The first kappa shape index (κ1) is 17.0. The van der Waals surface area contributed by atoms with Crippen LogP contribution in [0.5, 0.6) is 5.75 Å². The Hall–Kier alpha value is -2.89. The molecule has 6 heteroatoms. The zero-order valence-corrected chi connectivity index (χ0v) is 13.7. The maximum atomic E-state index is 13.2. The van der Waals surface area contributed by atoms with Crippen molar-refractivity contribution in [3.63, 3.8) is 0 Å². The summed E-state index contributed by atoms with van der Waals surface area (Å²) in [7, 11) is 0. The number of carbonyl (C=O) groups excluding carboxylic acids is 2. The van der Waals surface area contributed by atoms with E-state index in [0.717, 1.165) is 25.9 Å². The number of amides is 2. The Morgan fingerprint density at radius 3 is 2.60 bits per heavy atom. The molecule has 2 aromatic carbocycles. The lowest BCUT2D eigenvalue weighted by Gasteiger charge is -2.15. The fourth-order valence-electron chi connectivity index (χ4n) is 2.70. The van der Waals surface area contributed by atoms with Crippen LogP contribution in [-0.2, 0) is 4.79 Å². The first-order valence-electron chi connectivity index (χ1n) is 8.19. The highest BCUT2D eigenvalue weighted by molar-refractivity contribution is 6.04. The van der Waals surface area contributed by atoms with Crippen LogP contribution >= 0.6 is 0 Å². The second-order valence-electron chi connectivity index (χ2n) is 5.87. The van der Waals surface area contributed by atoms with Crippen LogP contribution in [-0.4, -0.2) is 36.4 Å². The summed E-state index contributed by atoms with van der Waals surface area (Å²) in [5, 5.41) is 2.69. The van der Waals surface area contributed by atoms with Crippen LogP contribution in [0.15, 0.2) is 48.5 Å². The third-order valence-corrected chi connectivity index (χ3v) is 4.00. The van der Waals surface area contributed by atoms with Crippen molar-refractivity contribution in [2.24, 2.45) is 0 Å². The van der Waals surface area contributed by atoms with E-state index >= 15 is 0 Å². The molecular weight excluding hydrogens is 323 g/mol. The molecule has 0 unspecified atom stereocenters. The van der Waals surface area contributed by atoms with Crippen molar-refractivity contribution in [2.75, 3.05) is 25.0 Å². The monoisotopic (exact) mass is 342 g/mol. The Bertz CT molecular complexity index is 773. The highest BCUT2D eigenvalue weighted by Crippen LogP contribution is 2.19. The average molecular weight is 342 g/mol. The second-order valence-corrected chi connectivity index (χ2v) is 5.87. The minimum absolute atomic E-state index is 0.0265. The SMILES string of the molecule is O=C(Nc1cccc(OCC(=O)N2CCCC2)c1)c1cccc(F)c1. The molecule has 1 fully saturated rings. The number of rotatable bonds is 5. The fourth-order valence-corrected chi connectivity index (χ4v) is 2.70. The van der Waals surface area contributed by atoms with E-state index in [2.05, 4.69) is 5.32 Å². The van der Waals surface area contributed by atoms with Gasteiger partial charge >= 0.3 is 0 Å². The molecule has 0 radical (unpaired) electrons. The predicted octanol–water partition coefficient (Wildman–Crippen LogP) is 3.08. The molecule has 0 bridgehead atoms. The molecule has 0 saturated carbocycles. The molecule has 130 valence electrons. The molecule has 5 nitrogen and oxygen atoms in total. The van der Waals surface area contributed by atoms with Gasteiger partial charge in [-0.15, -0.1) is 0 Å². The van der Waals surface area contributed by atoms with Gasteiger partial charge in [0, 0.05) is 30.4 Å². The summed E-state index contributed by atoms with van der Waals surface area (Å²) in [6.07, 6.45) is 2.07. The Kier molecular flexibility index (Phi) is 5.28. The summed E-state index contributed by atoms with van der Waals surface area (Å²) in [4.78, 5) is 25.9. The molecule has 1 aliphatic rings. The topological polar surface area (TPSA) is 58.6 Å². The van der Waals surface area contributed by atoms with Crippen molar-refractivity contribution in [1.29, 1.82) is 0 Å². The molecule has 1 aliphatic heterocycles. The van der Waals surface area contributed by atoms with Crippen LogP contribution in [0.4, 0.5) is 10.1 Å². The lowest BCUT2D eigenvalue weighted by Crippen LogP contribution is -2.32. The Balaban J connectivity index is 1.59. The maximum Gasteiger partial charge on any atom is 0.260 e. The van der Waals surface area contributed by atoms with E-state index in [1.807, 2.05) is 0 Å². The van der Waals surface area contributed by atoms with Gasteiger partial charge < -0.3 is 15.0 Å². The second kappa shape index (κ2) is 7.79. The van der Waals surface area contributed by atoms with Gasteiger partial charge in [0.1, 0.15) is 11.6 Å². The third kappa shape index (κ3) is 4.56. The molecule has 0 atom stereocenters. The lowest BCUT2D eigenvalue weighted by molar-refractivity contribution is -0.132. The van der Waals surface area contributed by atoms with E-state index in [0.29, 0.717) is 11.4 Å². The van der Waals surface area contributed by atoms with E-state index in [4.69, 9.17) is 4.74 Å². The van der Waals surface area contributed by atoms with Gasteiger partial charge in [-0.05, 0) is 43.2 Å². The summed E-state index contributed by atoms with van der Waals surface area (Å²) < 4.78 is 18.7. The van der Waals surface area contributed by atoms with Crippen LogP contribution in [0, 0.1) is 5.82 Å². The largest absolute Gasteiger partial charge is 0.484 e. The van der Waals surface area contributed by atoms with Gasteiger partial charge in [-0.2, -0.15) is 0 Å². The summed E-state index contributed by atoms with van der Waals surface area (Å²) in [5.74, 6) is -0.425. The smallest absolute Gasteiger partial charge is 0.260 e. The quantitative estimate of drug-likeness (QED) is 0.908. The number of carbonyl (C=O) groups is 2. The molecule has 0 aliphatic carbocycles. The summed E-state index contributed by atoms with van der Waals surface area (Å²) in [6, 6.07) is 12.2. The van der Waals surface area contributed by atoms with E-state index < -0.39 is 11.7 Å². The Labute approximate surface area is 145 Å². The molecule has 25 heavy (non-hydrogen) atoms. The van der Waals surface area contributed by atoms with Gasteiger partial charge in [0.15, 0.2) is 6.61 Å². The van der Waals surface area contributed by atoms with Gasteiger partial charge in [0.05, 0.1) is 0 Å². The van der Waals surface area contributed by atoms with Gasteiger partial charge in [0.2, 0.25) is 0 Å². The molecule has 2 aromatic rings. The number of nitrogens with one attached hydrogen (secondary N) is 1. The highest BCUT2D eigenvalue weighted by atomic mass is 19.1. The van der Waals surface area contributed by atoms with Crippen molar-refractivity contribution < 1.29 is 18.7 Å². The number of likely N-dealkylation sites (tertiary alicyclic amines) is 1. The number of nitrogens with zero attached hydrogens (tertiary/aromatic N) is 1. The first-order valence-corrected chi connectivity index (χ1v) is 8.19. The lowest BCUT2D eigenvalue weighted by atomic mass is 10.2. The van der Waals surface area contributed by atoms with E-state index in [1.54, 1.807) is 29.2 Å². The zero-order valence-electron chi connectivity index (χ0n) is 13.7. The van der Waals surface area contributed by atoms with Gasteiger partial charge in [-0.25, -0.2) is 4.39 Å². The van der Waals surface area contributed by atoms with Crippen molar-refractivity contribution in [1.82, 2.24) is 4.90 Å². The molecule has 0 spiro atoms. The molecular formula is C19H19FN2O3. The Morgan fingerprint density at radius 2 is 1.84 bits per heavy atom. The Morgan fingerprint density at radius 1 is 1.08 bits per heavy atom. The standard InChI is InChI=1S/C19H19FN2O3/c20-15-6-3-5-14(11-15)19(24)21-16-7-4-8-17(12-16)25-13-18(23)22-9-1-2-10-22/h3-8,11-12H,1-2,9-10,13H2,(H,21,24). The van der Waals surface area contributed by atoms with E-state index in [-0.39, 0.29) is 18.1 Å². The zero-order chi connectivity index (χ0) is 17.6. The first-order chi connectivity index (χ1) is 12.1. The summed E-state index contributed by atoms with van der Waals surface area (Å²) in [6.45, 7) is 1.54. The number of ether oxygens (including phenoxy) is 1. The average Bonchev–Trinajstić information content (AvgIpc) is 3.15. The van der Waals surface area contributed by atoms with Crippen molar-refractivity contribution >= 4 is 17.5 Å². The number of hydrogen-bond acceptors (Lipinski definition) is 3. The van der Waals surface area contributed by atoms with E-state index in [1.165, 1.54) is 24.3 Å². The van der Waals surface area contributed by atoms with E-state index in [9.17, 15) is 14.0 Å². The number of hydrogen-bond donors (Lipinski definition) is 1. The summed E-state index contributed by atoms with van der Waals surface area (Å²) >= 11 is 0. The van der Waals surface area contributed by atoms with Crippen molar-refractivity contribution in [2.45, 2.75) is 12.8 Å². The summed E-state index contributed by atoms with van der Waals surface area (Å²) in [5.41, 5.74) is 0.746. The van der Waals surface area contributed by atoms with Crippen LogP contribution in [0.2, 0.25) is 0 Å².